The number of nitrogens with two attached hydrogens (primary N) is 1. The predicted molar refractivity (Wildman–Crippen MR) is 72.3 cm³/mol. The molecule has 0 bridgehead atoms. The van der Waals surface area contributed by atoms with Crippen molar-refractivity contribution in [3.63, 3.8) is 0 Å². The molecule has 0 heterocycles. The van der Waals surface area contributed by atoms with Gasteiger partial charge in [-0.2, -0.15) is 0 Å². The Morgan fingerprint density at radius 3 is 2.33 bits per heavy atom. The van der Waals surface area contributed by atoms with E-state index in [-0.39, 0.29) is 5.78 Å². The molecule has 1 aliphatic rings. The second-order valence-electron chi connectivity index (χ2n) is 4.23. The lowest BCUT2D eigenvalue weighted by atomic mass is 9.81. The summed E-state index contributed by atoms with van der Waals surface area (Å²) in [5.74, 6) is 5.52. The molecule has 0 fully saturated rings. The second kappa shape index (κ2) is 3.82. The minimum atomic E-state index is 0.0186. The summed E-state index contributed by atoms with van der Waals surface area (Å²) in [6.45, 7) is 4.09. The van der Waals surface area contributed by atoms with Crippen LogP contribution in [0.3, 0.4) is 0 Å². The topological polar surface area (TPSA) is 55.1 Å². The van der Waals surface area contributed by atoms with Gasteiger partial charge < -0.3 is 5.43 Å². The summed E-state index contributed by atoms with van der Waals surface area (Å²) in [4.78, 5) is 12.4. The van der Waals surface area contributed by atoms with Gasteiger partial charge in [-0.1, -0.05) is 43.0 Å². The number of ketones is 1. The summed E-state index contributed by atoms with van der Waals surface area (Å²) >= 11 is 0. The number of nitrogens with one attached hydrogen (secondary N) is 1. The molecule has 0 amide bonds. The van der Waals surface area contributed by atoms with Gasteiger partial charge in [-0.3, -0.25) is 10.6 Å². The van der Waals surface area contributed by atoms with E-state index in [4.69, 9.17) is 5.84 Å². The van der Waals surface area contributed by atoms with Gasteiger partial charge in [0.05, 0.1) is 5.69 Å². The molecule has 0 atom stereocenters. The first kappa shape index (κ1) is 10.7. The van der Waals surface area contributed by atoms with E-state index in [1.165, 1.54) is 0 Å². The van der Waals surface area contributed by atoms with Gasteiger partial charge in [0.25, 0.3) is 0 Å². The molecule has 3 heteroatoms. The van der Waals surface area contributed by atoms with Crippen LogP contribution in [0.1, 0.15) is 27.0 Å². The van der Waals surface area contributed by atoms with Crippen LogP contribution in [-0.2, 0) is 0 Å². The number of fused-ring (bicyclic) bond motifs is 2. The number of anilines is 1. The Morgan fingerprint density at radius 2 is 1.61 bits per heavy atom. The largest absolute Gasteiger partial charge is 0.323 e. The third-order valence-electron chi connectivity index (χ3n) is 3.26. The second-order valence-corrected chi connectivity index (χ2v) is 4.23. The Balaban J connectivity index is 2.34. The van der Waals surface area contributed by atoms with E-state index < -0.39 is 0 Å². The molecule has 0 radical (unpaired) electrons. The van der Waals surface area contributed by atoms with Crippen molar-refractivity contribution in [3.8, 4) is 0 Å². The minimum absolute atomic E-state index is 0.0186. The van der Waals surface area contributed by atoms with Gasteiger partial charge in [-0.05, 0) is 17.2 Å². The fourth-order valence-electron chi connectivity index (χ4n) is 2.41. The van der Waals surface area contributed by atoms with Gasteiger partial charge >= 0.3 is 0 Å². The molecule has 2 aromatic carbocycles. The third-order valence-corrected chi connectivity index (χ3v) is 3.26. The van der Waals surface area contributed by atoms with Crippen LogP contribution >= 0.6 is 0 Å². The maximum absolute atomic E-state index is 12.4. The van der Waals surface area contributed by atoms with Crippen LogP contribution in [0, 0.1) is 0 Å². The molecule has 0 unspecified atom stereocenters. The number of hydrazine groups is 1. The molecular weight excluding hydrogens is 224 g/mol. The van der Waals surface area contributed by atoms with Crippen molar-refractivity contribution in [1.29, 1.82) is 0 Å². The number of rotatable bonds is 1. The fourth-order valence-corrected chi connectivity index (χ4v) is 2.41. The third kappa shape index (κ3) is 1.31. The van der Waals surface area contributed by atoms with E-state index in [1.54, 1.807) is 6.07 Å². The standard InChI is InChI=1S/C15H12N2O/c1-9-10-5-2-3-6-11(10)15(18)12-7-4-8-13(17-16)14(9)12/h2-8,17H,1,16H2. The average molecular weight is 236 g/mol. The molecule has 3 rings (SSSR count). The summed E-state index contributed by atoms with van der Waals surface area (Å²) in [7, 11) is 0. The monoisotopic (exact) mass is 236 g/mol. The van der Waals surface area contributed by atoms with Gasteiger partial charge in [0, 0.05) is 16.7 Å². The number of carbonyl (C=O) groups is 1. The predicted octanol–water partition coefficient (Wildman–Crippen LogP) is 2.58. The Labute approximate surface area is 105 Å². The van der Waals surface area contributed by atoms with Crippen LogP contribution in [0.2, 0.25) is 0 Å². The zero-order chi connectivity index (χ0) is 12.7. The number of nitrogen functional groups attached to an aromatic ring is 1. The van der Waals surface area contributed by atoms with Crippen LogP contribution in [0.4, 0.5) is 5.69 Å². The van der Waals surface area contributed by atoms with E-state index in [0.717, 1.165) is 22.4 Å². The fraction of sp³-hybridized carbons (Fsp3) is 0. The van der Waals surface area contributed by atoms with E-state index in [0.29, 0.717) is 11.1 Å². The molecular formula is C15H12N2O. The highest BCUT2D eigenvalue weighted by Crippen LogP contribution is 2.38. The van der Waals surface area contributed by atoms with Gasteiger partial charge in [-0.25, -0.2) is 0 Å². The molecule has 0 aliphatic heterocycles. The first-order valence-corrected chi connectivity index (χ1v) is 5.67. The van der Waals surface area contributed by atoms with Gasteiger partial charge in [0.15, 0.2) is 5.78 Å². The Hall–Kier alpha value is -2.39. The first-order chi connectivity index (χ1) is 8.74. The molecule has 18 heavy (non-hydrogen) atoms. The van der Waals surface area contributed by atoms with Crippen molar-refractivity contribution in [2.75, 3.05) is 5.43 Å². The Kier molecular flexibility index (Phi) is 2.28. The van der Waals surface area contributed by atoms with E-state index in [2.05, 4.69) is 12.0 Å². The van der Waals surface area contributed by atoms with Crippen molar-refractivity contribution in [2.24, 2.45) is 5.84 Å². The zero-order valence-electron chi connectivity index (χ0n) is 9.73. The number of hydrogen-bond donors (Lipinski definition) is 2. The Bertz CT molecular complexity index is 674. The van der Waals surface area contributed by atoms with Crippen LogP contribution in [-0.4, -0.2) is 5.78 Å². The highest BCUT2D eigenvalue weighted by atomic mass is 16.1. The highest BCUT2D eigenvalue weighted by Gasteiger charge is 2.27. The Morgan fingerprint density at radius 1 is 0.944 bits per heavy atom. The minimum Gasteiger partial charge on any atom is -0.323 e. The van der Waals surface area contributed by atoms with Crippen LogP contribution < -0.4 is 11.3 Å². The van der Waals surface area contributed by atoms with Crippen molar-refractivity contribution in [2.45, 2.75) is 0 Å². The lowest BCUT2D eigenvalue weighted by Crippen LogP contribution is -2.17. The maximum atomic E-state index is 12.4. The number of benzene rings is 2. The first-order valence-electron chi connectivity index (χ1n) is 5.67. The van der Waals surface area contributed by atoms with Gasteiger partial charge in [0.2, 0.25) is 0 Å². The summed E-state index contributed by atoms with van der Waals surface area (Å²) in [6, 6.07) is 13.0. The molecule has 0 saturated heterocycles. The van der Waals surface area contributed by atoms with E-state index in [1.807, 2.05) is 36.4 Å². The molecule has 0 saturated carbocycles. The molecule has 2 aromatic rings. The molecule has 88 valence electrons. The lowest BCUT2D eigenvalue weighted by Gasteiger charge is -2.22. The van der Waals surface area contributed by atoms with Crippen molar-refractivity contribution in [1.82, 2.24) is 0 Å². The molecule has 0 aromatic heterocycles. The quantitative estimate of drug-likeness (QED) is 0.504. The highest BCUT2D eigenvalue weighted by molar-refractivity contribution is 6.19. The van der Waals surface area contributed by atoms with Crippen molar-refractivity contribution in [3.05, 3.63) is 71.3 Å². The molecule has 0 spiro atoms. The zero-order valence-corrected chi connectivity index (χ0v) is 9.73. The summed E-state index contributed by atoms with van der Waals surface area (Å²) in [5.41, 5.74) is 7.19. The summed E-state index contributed by atoms with van der Waals surface area (Å²) in [6.07, 6.45) is 0. The van der Waals surface area contributed by atoms with Crippen LogP contribution in [0.25, 0.3) is 5.57 Å². The average Bonchev–Trinajstić information content (AvgIpc) is 2.44. The van der Waals surface area contributed by atoms with Crippen LogP contribution in [0.5, 0.6) is 0 Å². The van der Waals surface area contributed by atoms with Gasteiger partial charge in [0.1, 0.15) is 0 Å². The lowest BCUT2D eigenvalue weighted by molar-refractivity contribution is 0.103. The number of hydrogen-bond acceptors (Lipinski definition) is 3. The van der Waals surface area contributed by atoms with Crippen molar-refractivity contribution < 1.29 is 4.79 Å². The van der Waals surface area contributed by atoms with E-state index >= 15 is 0 Å². The summed E-state index contributed by atoms with van der Waals surface area (Å²) in [5, 5.41) is 0. The SMILES string of the molecule is C=C1c2ccccc2C(=O)c2cccc(NN)c21. The van der Waals surface area contributed by atoms with Crippen LogP contribution in [0.15, 0.2) is 49.0 Å². The normalized spacial score (nSPS) is 12.9. The molecule has 1 aliphatic carbocycles. The van der Waals surface area contributed by atoms with Crippen molar-refractivity contribution >= 4 is 17.0 Å². The molecule has 3 N–H and O–H groups in total. The van der Waals surface area contributed by atoms with E-state index in [9.17, 15) is 4.79 Å². The smallest absolute Gasteiger partial charge is 0.194 e. The summed E-state index contributed by atoms with van der Waals surface area (Å²) < 4.78 is 0. The molecule has 3 nitrogen and oxygen atoms in total. The van der Waals surface area contributed by atoms with Gasteiger partial charge in [-0.15, -0.1) is 0 Å². The number of carbonyl (C=O) groups excluding carboxylic acids is 1. The maximum Gasteiger partial charge on any atom is 0.194 e.